The zero-order valence-corrected chi connectivity index (χ0v) is 10.3. The predicted molar refractivity (Wildman–Crippen MR) is 62.7 cm³/mol. The fourth-order valence-corrected chi connectivity index (χ4v) is 1.95. The first-order chi connectivity index (χ1) is 7.09. The van der Waals surface area contributed by atoms with Gasteiger partial charge in [0.1, 0.15) is 0 Å². The summed E-state index contributed by atoms with van der Waals surface area (Å²) in [6, 6.07) is 0.526. The zero-order chi connectivity index (χ0) is 11.3. The van der Waals surface area contributed by atoms with Crippen molar-refractivity contribution in [2.24, 2.45) is 5.92 Å². The van der Waals surface area contributed by atoms with Crippen molar-refractivity contribution in [2.75, 3.05) is 20.1 Å². The molecule has 1 saturated heterocycles. The average molecular weight is 212 g/mol. The van der Waals surface area contributed by atoms with E-state index in [2.05, 4.69) is 19.2 Å². The highest BCUT2D eigenvalue weighted by Gasteiger charge is 2.18. The van der Waals surface area contributed by atoms with Gasteiger partial charge in [0, 0.05) is 26.1 Å². The molecule has 1 unspecified atom stereocenters. The lowest BCUT2D eigenvalue weighted by Gasteiger charge is -2.21. The first-order valence-electron chi connectivity index (χ1n) is 6.07. The highest BCUT2D eigenvalue weighted by atomic mass is 16.2. The molecule has 0 radical (unpaired) electrons. The van der Waals surface area contributed by atoms with Crippen molar-refractivity contribution in [1.82, 2.24) is 10.2 Å². The monoisotopic (exact) mass is 212 g/mol. The zero-order valence-electron chi connectivity index (χ0n) is 10.3. The van der Waals surface area contributed by atoms with Crippen molar-refractivity contribution in [1.29, 1.82) is 0 Å². The molecule has 1 rings (SSSR count). The molecular weight excluding hydrogens is 188 g/mol. The highest BCUT2D eigenvalue weighted by molar-refractivity contribution is 5.75. The van der Waals surface area contributed by atoms with Gasteiger partial charge in [-0.25, -0.2) is 0 Å². The fourth-order valence-electron chi connectivity index (χ4n) is 1.95. The van der Waals surface area contributed by atoms with Gasteiger partial charge in [0.05, 0.1) is 0 Å². The van der Waals surface area contributed by atoms with Crippen LogP contribution in [0.2, 0.25) is 0 Å². The summed E-state index contributed by atoms with van der Waals surface area (Å²) in [6.07, 6.45) is 4.16. The van der Waals surface area contributed by atoms with Crippen molar-refractivity contribution < 1.29 is 4.79 Å². The Hall–Kier alpha value is -0.570. The lowest BCUT2D eigenvalue weighted by Crippen LogP contribution is -2.38. The van der Waals surface area contributed by atoms with E-state index >= 15 is 0 Å². The second kappa shape index (κ2) is 6.11. The van der Waals surface area contributed by atoms with Gasteiger partial charge >= 0.3 is 0 Å². The lowest BCUT2D eigenvalue weighted by atomic mass is 10.1. The van der Waals surface area contributed by atoms with E-state index in [9.17, 15) is 4.79 Å². The fraction of sp³-hybridized carbons (Fsp3) is 0.917. The second-order valence-electron chi connectivity index (χ2n) is 5.00. The molecule has 0 bridgehead atoms. The van der Waals surface area contributed by atoms with Gasteiger partial charge < -0.3 is 10.2 Å². The quantitative estimate of drug-likeness (QED) is 0.751. The molecular formula is C12H24N2O. The van der Waals surface area contributed by atoms with Gasteiger partial charge in [-0.05, 0) is 31.7 Å². The van der Waals surface area contributed by atoms with Crippen molar-refractivity contribution in [3.63, 3.8) is 0 Å². The molecule has 1 aliphatic heterocycles. The highest BCUT2D eigenvalue weighted by Crippen LogP contribution is 2.09. The first-order valence-corrected chi connectivity index (χ1v) is 6.07. The Morgan fingerprint density at radius 3 is 2.80 bits per heavy atom. The summed E-state index contributed by atoms with van der Waals surface area (Å²) in [4.78, 5) is 13.6. The molecule has 1 atom stereocenters. The van der Waals surface area contributed by atoms with Crippen LogP contribution in [0.4, 0.5) is 0 Å². The Balaban J connectivity index is 2.19. The van der Waals surface area contributed by atoms with E-state index in [-0.39, 0.29) is 5.91 Å². The maximum absolute atomic E-state index is 11.7. The molecule has 1 N–H and O–H groups in total. The van der Waals surface area contributed by atoms with Crippen molar-refractivity contribution in [3.05, 3.63) is 0 Å². The molecule has 0 aromatic carbocycles. The SMILES string of the molecule is CC(C)CCC(=O)N(C)CC1CCCN1. The minimum absolute atomic E-state index is 0.289. The molecule has 1 amide bonds. The number of amides is 1. The second-order valence-corrected chi connectivity index (χ2v) is 5.00. The largest absolute Gasteiger partial charge is 0.344 e. The van der Waals surface area contributed by atoms with E-state index in [1.165, 1.54) is 12.8 Å². The van der Waals surface area contributed by atoms with Gasteiger partial charge in [0.15, 0.2) is 0 Å². The number of nitrogens with one attached hydrogen (secondary N) is 1. The van der Waals surface area contributed by atoms with Gasteiger partial charge in [-0.1, -0.05) is 13.8 Å². The minimum Gasteiger partial charge on any atom is -0.344 e. The maximum Gasteiger partial charge on any atom is 0.222 e. The van der Waals surface area contributed by atoms with Gasteiger partial charge in [0.2, 0.25) is 5.91 Å². The van der Waals surface area contributed by atoms with Crippen LogP contribution in [0, 0.1) is 5.92 Å². The molecule has 0 saturated carbocycles. The van der Waals surface area contributed by atoms with E-state index in [1.807, 2.05) is 11.9 Å². The third kappa shape index (κ3) is 4.65. The van der Waals surface area contributed by atoms with E-state index in [0.29, 0.717) is 18.4 Å². The number of likely N-dealkylation sites (N-methyl/N-ethyl adjacent to an activating group) is 1. The molecule has 15 heavy (non-hydrogen) atoms. The van der Waals surface area contributed by atoms with Crippen LogP contribution >= 0.6 is 0 Å². The van der Waals surface area contributed by atoms with Crippen LogP contribution in [-0.2, 0) is 4.79 Å². The van der Waals surface area contributed by atoms with E-state index in [4.69, 9.17) is 0 Å². The van der Waals surface area contributed by atoms with Crippen LogP contribution in [0.3, 0.4) is 0 Å². The van der Waals surface area contributed by atoms with Gasteiger partial charge in [-0.2, -0.15) is 0 Å². The molecule has 3 nitrogen and oxygen atoms in total. The van der Waals surface area contributed by atoms with Gasteiger partial charge in [-0.3, -0.25) is 4.79 Å². The smallest absolute Gasteiger partial charge is 0.222 e. The summed E-state index contributed by atoms with van der Waals surface area (Å²) >= 11 is 0. The molecule has 0 aromatic heterocycles. The summed E-state index contributed by atoms with van der Waals surface area (Å²) in [5.41, 5.74) is 0. The summed E-state index contributed by atoms with van der Waals surface area (Å²) in [6.45, 7) is 6.30. The Labute approximate surface area is 93.2 Å². The van der Waals surface area contributed by atoms with Gasteiger partial charge in [0.25, 0.3) is 0 Å². The van der Waals surface area contributed by atoms with Crippen LogP contribution < -0.4 is 5.32 Å². The third-order valence-electron chi connectivity index (χ3n) is 3.02. The Morgan fingerprint density at radius 2 is 2.27 bits per heavy atom. The van der Waals surface area contributed by atoms with Crippen LogP contribution in [-0.4, -0.2) is 37.0 Å². The summed E-state index contributed by atoms with van der Waals surface area (Å²) < 4.78 is 0. The molecule has 0 aromatic rings. The number of hydrogen-bond donors (Lipinski definition) is 1. The maximum atomic E-state index is 11.7. The number of nitrogens with zero attached hydrogens (tertiary/aromatic N) is 1. The molecule has 1 heterocycles. The molecule has 3 heteroatoms. The lowest BCUT2D eigenvalue weighted by molar-refractivity contribution is -0.130. The number of hydrogen-bond acceptors (Lipinski definition) is 2. The Morgan fingerprint density at radius 1 is 1.53 bits per heavy atom. The number of rotatable bonds is 5. The summed E-state index contributed by atoms with van der Waals surface area (Å²) in [5, 5.41) is 3.41. The molecule has 1 aliphatic rings. The van der Waals surface area contributed by atoms with E-state index in [1.54, 1.807) is 0 Å². The van der Waals surface area contributed by atoms with Crippen LogP contribution in [0.15, 0.2) is 0 Å². The Kier molecular flexibility index (Phi) is 5.09. The molecule has 0 spiro atoms. The Bertz CT molecular complexity index is 198. The predicted octanol–water partition coefficient (Wildman–Crippen LogP) is 1.63. The van der Waals surface area contributed by atoms with Crippen molar-refractivity contribution in [3.8, 4) is 0 Å². The van der Waals surface area contributed by atoms with E-state index < -0.39 is 0 Å². The van der Waals surface area contributed by atoms with Gasteiger partial charge in [-0.15, -0.1) is 0 Å². The standard InChI is InChI=1S/C12H24N2O/c1-10(2)6-7-12(15)14(3)9-11-5-4-8-13-11/h10-11,13H,4-9H2,1-3H3. The topological polar surface area (TPSA) is 32.3 Å². The third-order valence-corrected chi connectivity index (χ3v) is 3.02. The normalized spacial score (nSPS) is 20.9. The molecule has 1 fully saturated rings. The summed E-state index contributed by atoms with van der Waals surface area (Å²) in [5.74, 6) is 0.907. The number of carbonyl (C=O) groups excluding carboxylic acids is 1. The molecule has 88 valence electrons. The van der Waals surface area contributed by atoms with Crippen LogP contribution in [0.1, 0.15) is 39.5 Å². The van der Waals surface area contributed by atoms with Crippen molar-refractivity contribution in [2.45, 2.75) is 45.6 Å². The average Bonchev–Trinajstić information content (AvgIpc) is 2.66. The van der Waals surface area contributed by atoms with Crippen LogP contribution in [0.25, 0.3) is 0 Å². The molecule has 0 aliphatic carbocycles. The number of carbonyl (C=O) groups is 1. The summed E-state index contributed by atoms with van der Waals surface area (Å²) in [7, 11) is 1.92. The first kappa shape index (κ1) is 12.5. The van der Waals surface area contributed by atoms with Crippen LogP contribution in [0.5, 0.6) is 0 Å². The van der Waals surface area contributed by atoms with Crippen molar-refractivity contribution >= 4 is 5.91 Å². The minimum atomic E-state index is 0.289. The van der Waals surface area contributed by atoms with E-state index in [0.717, 1.165) is 19.5 Å².